The molecule has 0 radical (unpaired) electrons. The zero-order valence-corrected chi connectivity index (χ0v) is 19.7. The van der Waals surface area contributed by atoms with Crippen molar-refractivity contribution in [3.05, 3.63) is 110 Å². The minimum absolute atomic E-state index is 0.143. The van der Waals surface area contributed by atoms with E-state index in [0.717, 1.165) is 23.1 Å². The molecular formula is C26H25N3O4S. The molecule has 8 heteroatoms. The number of non-ortho nitro benzene ring substituents is 1. The topological polar surface area (TPSA) is 83.8 Å². The minimum Gasteiger partial charge on any atom is -0.330 e. The van der Waals surface area contributed by atoms with Crippen molar-refractivity contribution in [1.82, 2.24) is 9.80 Å². The lowest BCUT2D eigenvalue weighted by atomic mass is 9.90. The van der Waals surface area contributed by atoms with Crippen LogP contribution in [-0.4, -0.2) is 46.2 Å². The summed E-state index contributed by atoms with van der Waals surface area (Å²) in [4.78, 5) is 41.9. The van der Waals surface area contributed by atoms with Gasteiger partial charge in [-0.15, -0.1) is 17.9 Å². The van der Waals surface area contributed by atoms with E-state index < -0.39 is 10.8 Å². The smallest absolute Gasteiger partial charge is 0.270 e. The zero-order valence-electron chi connectivity index (χ0n) is 18.8. The minimum atomic E-state index is -0.543. The highest BCUT2D eigenvalue weighted by Gasteiger charge is 2.34. The fourth-order valence-electron chi connectivity index (χ4n) is 4.38. The van der Waals surface area contributed by atoms with Crippen LogP contribution >= 0.6 is 11.3 Å². The highest BCUT2D eigenvalue weighted by atomic mass is 32.1. The first-order valence-corrected chi connectivity index (χ1v) is 11.8. The lowest BCUT2D eigenvalue weighted by Gasteiger charge is -2.38. The Kier molecular flexibility index (Phi) is 6.88. The van der Waals surface area contributed by atoms with Gasteiger partial charge < -0.3 is 9.80 Å². The van der Waals surface area contributed by atoms with Crippen LogP contribution < -0.4 is 0 Å². The summed E-state index contributed by atoms with van der Waals surface area (Å²) >= 11 is 1.70. The van der Waals surface area contributed by atoms with Gasteiger partial charge in [0.2, 0.25) is 5.91 Å². The molecule has 7 nitrogen and oxygen atoms in total. The van der Waals surface area contributed by atoms with Crippen LogP contribution in [0.3, 0.4) is 0 Å². The number of rotatable bonds is 7. The van der Waals surface area contributed by atoms with Crippen LogP contribution in [0.1, 0.15) is 38.0 Å². The Balaban J connectivity index is 1.63. The molecule has 0 saturated heterocycles. The van der Waals surface area contributed by atoms with E-state index in [2.05, 4.69) is 18.0 Å². The van der Waals surface area contributed by atoms with Crippen molar-refractivity contribution in [3.8, 4) is 0 Å². The Hall–Kier alpha value is -3.78. The predicted molar refractivity (Wildman–Crippen MR) is 132 cm³/mol. The first kappa shape index (κ1) is 23.4. The number of hydrogen-bond donors (Lipinski definition) is 0. The number of carbonyl (C=O) groups is 2. The summed E-state index contributed by atoms with van der Waals surface area (Å²) in [6, 6.07) is 15.4. The second kappa shape index (κ2) is 10.0. The number of carbonyl (C=O) groups excluding carboxylic acids is 2. The Labute approximate surface area is 202 Å². The molecular weight excluding hydrogens is 450 g/mol. The van der Waals surface area contributed by atoms with E-state index in [0.29, 0.717) is 6.54 Å². The van der Waals surface area contributed by atoms with Gasteiger partial charge in [0.15, 0.2) is 0 Å². The highest BCUT2D eigenvalue weighted by molar-refractivity contribution is 7.10. The number of benzene rings is 2. The molecule has 0 spiro atoms. The summed E-state index contributed by atoms with van der Waals surface area (Å²) in [6.45, 7) is 6.31. The lowest BCUT2D eigenvalue weighted by Crippen LogP contribution is -2.47. The Morgan fingerprint density at radius 1 is 1.21 bits per heavy atom. The van der Waals surface area contributed by atoms with Gasteiger partial charge in [-0.2, -0.15) is 0 Å². The van der Waals surface area contributed by atoms with Crippen molar-refractivity contribution in [3.63, 3.8) is 0 Å². The van der Waals surface area contributed by atoms with Crippen molar-refractivity contribution in [2.75, 3.05) is 19.6 Å². The molecule has 1 atom stereocenters. The summed E-state index contributed by atoms with van der Waals surface area (Å²) in [5.41, 5.74) is 3.28. The molecule has 0 fully saturated rings. The number of aryl methyl sites for hydroxylation is 1. The van der Waals surface area contributed by atoms with E-state index in [9.17, 15) is 19.7 Å². The third-order valence-electron chi connectivity index (χ3n) is 6.04. The normalized spacial score (nSPS) is 14.9. The maximum Gasteiger partial charge on any atom is 0.270 e. The van der Waals surface area contributed by atoms with Crippen molar-refractivity contribution in [2.24, 2.45) is 0 Å². The van der Waals surface area contributed by atoms with Crippen LogP contribution in [0.25, 0.3) is 0 Å². The third-order valence-corrected chi connectivity index (χ3v) is 7.03. The van der Waals surface area contributed by atoms with E-state index in [1.54, 1.807) is 17.4 Å². The second-order valence-corrected chi connectivity index (χ2v) is 9.18. The molecule has 34 heavy (non-hydrogen) atoms. The van der Waals surface area contributed by atoms with Crippen LogP contribution in [0.15, 0.2) is 72.6 Å². The number of hydrogen-bond acceptors (Lipinski definition) is 5. The second-order valence-electron chi connectivity index (χ2n) is 8.18. The number of fused-ring (bicyclic) bond motifs is 1. The number of nitro benzene ring substituents is 1. The van der Waals surface area contributed by atoms with Crippen LogP contribution in [0.4, 0.5) is 5.69 Å². The lowest BCUT2D eigenvalue weighted by molar-refractivity contribution is -0.384. The SMILES string of the molecule is C=CCN(CC(=O)N1CCc2sccc2C1c1ccccc1C)C(=O)c1cccc([N+](=O)[O-])c1. The van der Waals surface area contributed by atoms with Gasteiger partial charge in [0, 0.05) is 35.7 Å². The summed E-state index contributed by atoms with van der Waals surface area (Å²) < 4.78 is 0. The van der Waals surface area contributed by atoms with Crippen molar-refractivity contribution >= 4 is 28.8 Å². The van der Waals surface area contributed by atoms with Crippen molar-refractivity contribution in [2.45, 2.75) is 19.4 Å². The number of nitro groups is 1. The standard InChI is InChI=1S/C26H25N3O4S/c1-3-13-27(26(31)19-8-6-9-20(16-19)29(32)33)17-24(30)28-14-11-23-22(12-15-34-23)25(28)21-10-5-4-7-18(21)2/h3-10,12,15-16,25H,1,11,13-14,17H2,2H3. The van der Waals surface area contributed by atoms with Gasteiger partial charge in [-0.3, -0.25) is 19.7 Å². The Bertz CT molecular complexity index is 1250. The van der Waals surface area contributed by atoms with Gasteiger partial charge >= 0.3 is 0 Å². The van der Waals surface area contributed by atoms with E-state index in [1.165, 1.54) is 34.0 Å². The average Bonchev–Trinajstić information content (AvgIpc) is 3.32. The first-order valence-electron chi connectivity index (χ1n) is 11.0. The van der Waals surface area contributed by atoms with Gasteiger partial charge in [0.05, 0.1) is 11.0 Å². The molecule has 3 aromatic rings. The van der Waals surface area contributed by atoms with Gasteiger partial charge in [0.25, 0.3) is 11.6 Å². The fourth-order valence-corrected chi connectivity index (χ4v) is 5.28. The van der Waals surface area contributed by atoms with Crippen molar-refractivity contribution < 1.29 is 14.5 Å². The molecule has 2 heterocycles. The third kappa shape index (κ3) is 4.63. The van der Waals surface area contributed by atoms with Crippen LogP contribution in [-0.2, 0) is 11.2 Å². The van der Waals surface area contributed by atoms with Crippen LogP contribution in [0.5, 0.6) is 0 Å². The zero-order chi connectivity index (χ0) is 24.2. The largest absolute Gasteiger partial charge is 0.330 e. The molecule has 1 unspecified atom stereocenters. The van der Waals surface area contributed by atoms with Crippen LogP contribution in [0.2, 0.25) is 0 Å². The summed E-state index contributed by atoms with van der Waals surface area (Å²) in [7, 11) is 0. The molecule has 2 amide bonds. The van der Waals surface area contributed by atoms with Crippen LogP contribution in [0, 0.1) is 17.0 Å². The first-order chi connectivity index (χ1) is 16.4. The maximum atomic E-state index is 13.6. The van der Waals surface area contributed by atoms with Gasteiger partial charge in [-0.05, 0) is 47.5 Å². The fraction of sp³-hybridized carbons (Fsp3) is 0.231. The number of thiophene rings is 1. The molecule has 0 aliphatic carbocycles. The predicted octanol–water partition coefficient (Wildman–Crippen LogP) is 4.77. The molecule has 1 aromatic heterocycles. The quantitative estimate of drug-likeness (QED) is 0.280. The molecule has 174 valence electrons. The van der Waals surface area contributed by atoms with E-state index in [1.807, 2.05) is 36.1 Å². The molecule has 1 aliphatic heterocycles. The van der Waals surface area contributed by atoms with Gasteiger partial charge in [-0.1, -0.05) is 36.4 Å². The maximum absolute atomic E-state index is 13.6. The summed E-state index contributed by atoms with van der Waals surface area (Å²) in [6.07, 6.45) is 2.32. The summed E-state index contributed by atoms with van der Waals surface area (Å²) in [5.74, 6) is -0.622. The molecule has 1 aliphatic rings. The molecule has 2 aromatic carbocycles. The van der Waals surface area contributed by atoms with Gasteiger partial charge in [0.1, 0.15) is 6.54 Å². The van der Waals surface area contributed by atoms with E-state index >= 15 is 0 Å². The Morgan fingerprint density at radius 2 is 2.00 bits per heavy atom. The number of nitrogens with zero attached hydrogens (tertiary/aromatic N) is 3. The van der Waals surface area contributed by atoms with E-state index in [4.69, 9.17) is 0 Å². The summed E-state index contributed by atoms with van der Waals surface area (Å²) in [5, 5.41) is 13.2. The monoisotopic (exact) mass is 475 g/mol. The van der Waals surface area contributed by atoms with Crippen molar-refractivity contribution in [1.29, 1.82) is 0 Å². The van der Waals surface area contributed by atoms with Gasteiger partial charge in [-0.25, -0.2) is 0 Å². The molecule has 4 rings (SSSR count). The molecule has 0 bridgehead atoms. The van der Waals surface area contributed by atoms with E-state index in [-0.39, 0.29) is 36.3 Å². The number of amides is 2. The molecule has 0 saturated carbocycles. The average molecular weight is 476 g/mol. The molecule has 0 N–H and O–H groups in total. The Morgan fingerprint density at radius 3 is 2.74 bits per heavy atom. The highest BCUT2D eigenvalue weighted by Crippen LogP contribution is 2.39.